The van der Waals surface area contributed by atoms with Gasteiger partial charge in [0.2, 0.25) is 11.8 Å². The van der Waals surface area contributed by atoms with Crippen LogP contribution in [0, 0.1) is 15.9 Å². The van der Waals surface area contributed by atoms with Crippen LogP contribution in [0.4, 0.5) is 38.0 Å². The number of hydrogen-bond acceptors (Lipinski definition) is 10. The predicted molar refractivity (Wildman–Crippen MR) is 144 cm³/mol. The van der Waals surface area contributed by atoms with E-state index in [2.05, 4.69) is 25.9 Å². The number of carbonyl (C=O) groups is 1. The van der Waals surface area contributed by atoms with E-state index in [1.54, 1.807) is 20.8 Å². The number of anilines is 4. The molecule has 210 valence electrons. The van der Waals surface area contributed by atoms with E-state index in [1.807, 2.05) is 24.3 Å². The molecule has 1 saturated heterocycles. The quantitative estimate of drug-likeness (QED) is 0.254. The Hall–Kier alpha value is -4.36. The lowest BCUT2D eigenvalue weighted by molar-refractivity contribution is -0.384. The van der Waals surface area contributed by atoms with Crippen molar-refractivity contribution in [3.05, 3.63) is 75.7 Å². The molecule has 1 spiro atoms. The smallest absolute Gasteiger partial charge is 0.412 e. The number of rotatable bonds is 6. The summed E-state index contributed by atoms with van der Waals surface area (Å²) in [6, 6.07) is 11.0. The zero-order chi connectivity index (χ0) is 28.5. The van der Waals surface area contributed by atoms with Gasteiger partial charge in [-0.2, -0.15) is 4.98 Å². The summed E-state index contributed by atoms with van der Waals surface area (Å²) in [7, 11) is 0. The van der Waals surface area contributed by atoms with Gasteiger partial charge < -0.3 is 24.8 Å². The summed E-state index contributed by atoms with van der Waals surface area (Å²) in [5.74, 6) is -1.48. The van der Waals surface area contributed by atoms with Crippen molar-refractivity contribution in [2.24, 2.45) is 0 Å². The van der Waals surface area contributed by atoms with Crippen molar-refractivity contribution >= 4 is 34.9 Å². The highest BCUT2D eigenvalue weighted by Crippen LogP contribution is 2.46. The second kappa shape index (κ2) is 10.7. The molecule has 1 aliphatic carbocycles. The Balaban J connectivity index is 1.43. The highest BCUT2D eigenvalue weighted by atomic mass is 19.1. The molecular weight excluding hydrogens is 523 g/mol. The van der Waals surface area contributed by atoms with Crippen LogP contribution in [0.25, 0.3) is 0 Å². The number of nitrogens with one attached hydrogen (secondary N) is 3. The van der Waals surface area contributed by atoms with Gasteiger partial charge in [-0.05, 0) is 51.0 Å². The second-order valence-electron chi connectivity index (χ2n) is 10.4. The van der Waals surface area contributed by atoms with Gasteiger partial charge in [-0.1, -0.05) is 24.3 Å². The van der Waals surface area contributed by atoms with Gasteiger partial charge in [-0.25, -0.2) is 14.2 Å². The fourth-order valence-corrected chi connectivity index (χ4v) is 4.78. The number of hydrogen-bond donors (Lipinski definition) is 3. The molecule has 1 fully saturated rings. The summed E-state index contributed by atoms with van der Waals surface area (Å²) in [5, 5.41) is 20.4. The first-order valence-electron chi connectivity index (χ1n) is 12.7. The maximum atomic E-state index is 14.1. The molecule has 13 heteroatoms. The predicted octanol–water partition coefficient (Wildman–Crippen LogP) is 5.76. The summed E-state index contributed by atoms with van der Waals surface area (Å²) in [6.45, 7) is 6.13. The Bertz CT molecular complexity index is 1440. The third-order valence-corrected chi connectivity index (χ3v) is 6.40. The van der Waals surface area contributed by atoms with Crippen LogP contribution in [0.3, 0.4) is 0 Å². The van der Waals surface area contributed by atoms with E-state index in [1.165, 1.54) is 12.1 Å². The van der Waals surface area contributed by atoms with Crippen molar-refractivity contribution in [1.29, 1.82) is 0 Å². The zero-order valence-corrected chi connectivity index (χ0v) is 22.2. The fourth-order valence-electron chi connectivity index (χ4n) is 4.78. The Kier molecular flexibility index (Phi) is 7.25. The second-order valence-corrected chi connectivity index (χ2v) is 10.4. The Morgan fingerprint density at radius 3 is 2.65 bits per heavy atom. The molecule has 2 heterocycles. The Morgan fingerprint density at radius 1 is 1.18 bits per heavy atom. The largest absolute Gasteiger partial charge is 0.444 e. The van der Waals surface area contributed by atoms with Gasteiger partial charge in [0.1, 0.15) is 17.6 Å². The molecule has 12 nitrogen and oxygen atoms in total. The SMILES string of the molecule is CC(C)(C)OC(=O)Nc1ccc(F)cc1Nc1ncc([N+](=O)[O-])c(N[C@@H]2CCC3(OCCO3)c3ccccc32)n1. The van der Waals surface area contributed by atoms with E-state index in [0.29, 0.717) is 26.1 Å². The van der Waals surface area contributed by atoms with Crippen LogP contribution in [0.15, 0.2) is 48.7 Å². The molecule has 5 rings (SSSR count). The summed E-state index contributed by atoms with van der Waals surface area (Å²) in [6.07, 6.45) is 1.44. The number of carbonyl (C=O) groups excluding carboxylic acids is 1. The van der Waals surface area contributed by atoms with Crippen molar-refractivity contribution in [2.75, 3.05) is 29.2 Å². The minimum Gasteiger partial charge on any atom is -0.444 e. The van der Waals surface area contributed by atoms with Gasteiger partial charge in [0.25, 0.3) is 0 Å². The lowest BCUT2D eigenvalue weighted by atomic mass is 9.83. The number of ether oxygens (including phenoxy) is 3. The third-order valence-electron chi connectivity index (χ3n) is 6.40. The fraction of sp³-hybridized carbons (Fsp3) is 0.370. The van der Waals surface area contributed by atoms with E-state index in [9.17, 15) is 19.3 Å². The first-order valence-corrected chi connectivity index (χ1v) is 12.7. The molecule has 1 amide bonds. The van der Waals surface area contributed by atoms with Gasteiger partial charge >= 0.3 is 11.8 Å². The molecule has 0 bridgehead atoms. The van der Waals surface area contributed by atoms with Gasteiger partial charge in [-0.15, -0.1) is 0 Å². The molecule has 0 saturated carbocycles. The minimum absolute atomic E-state index is 0.0235. The van der Waals surface area contributed by atoms with Crippen LogP contribution in [0.5, 0.6) is 0 Å². The number of benzene rings is 2. The molecule has 0 unspecified atom stereocenters. The lowest BCUT2D eigenvalue weighted by Gasteiger charge is -2.37. The van der Waals surface area contributed by atoms with E-state index in [4.69, 9.17) is 14.2 Å². The number of nitro groups is 1. The van der Waals surface area contributed by atoms with Crippen LogP contribution in [0.1, 0.15) is 50.8 Å². The first kappa shape index (κ1) is 27.2. The van der Waals surface area contributed by atoms with Gasteiger partial charge in [0.05, 0.1) is 35.6 Å². The van der Waals surface area contributed by atoms with Crippen molar-refractivity contribution in [3.8, 4) is 0 Å². The molecule has 3 aromatic rings. The highest BCUT2D eigenvalue weighted by Gasteiger charge is 2.45. The molecule has 40 heavy (non-hydrogen) atoms. The average molecular weight is 553 g/mol. The minimum atomic E-state index is -0.825. The zero-order valence-electron chi connectivity index (χ0n) is 22.2. The molecule has 1 aliphatic heterocycles. The number of halogens is 1. The van der Waals surface area contributed by atoms with Crippen LogP contribution in [-0.2, 0) is 20.0 Å². The average Bonchev–Trinajstić information content (AvgIpc) is 3.36. The molecule has 2 aromatic carbocycles. The van der Waals surface area contributed by atoms with Gasteiger partial charge in [0.15, 0.2) is 5.79 Å². The van der Waals surface area contributed by atoms with Crippen LogP contribution in [0.2, 0.25) is 0 Å². The van der Waals surface area contributed by atoms with Crippen molar-refractivity contribution < 1.29 is 28.3 Å². The topological polar surface area (TPSA) is 150 Å². The van der Waals surface area contributed by atoms with Crippen LogP contribution >= 0.6 is 0 Å². The molecule has 2 aliphatic rings. The van der Waals surface area contributed by atoms with E-state index in [-0.39, 0.29) is 34.9 Å². The monoisotopic (exact) mass is 552 g/mol. The third kappa shape index (κ3) is 5.80. The van der Waals surface area contributed by atoms with Crippen LogP contribution < -0.4 is 16.0 Å². The maximum Gasteiger partial charge on any atom is 0.412 e. The van der Waals surface area contributed by atoms with E-state index < -0.39 is 28.2 Å². The standard InChI is InChI=1S/C27H29FN6O6/c1-26(2,3)40-25(35)32-20-9-8-16(28)14-21(20)31-24-29-15-22(34(36)37)23(33-24)30-19-10-11-27(38-12-13-39-27)18-7-5-4-6-17(18)19/h4-9,14-15,19H,10-13H2,1-3H3,(H,32,35)(H2,29,30,31,33)/t19-/m1/s1. The molecule has 3 N–H and O–H groups in total. The van der Waals surface area contributed by atoms with Gasteiger partial charge in [-0.3, -0.25) is 15.4 Å². The molecule has 1 atom stereocenters. The highest BCUT2D eigenvalue weighted by molar-refractivity contribution is 5.90. The summed E-state index contributed by atoms with van der Waals surface area (Å²) < 4.78 is 31.3. The maximum absolute atomic E-state index is 14.1. The molecule has 1 aromatic heterocycles. The van der Waals surface area contributed by atoms with E-state index in [0.717, 1.165) is 23.4 Å². The van der Waals surface area contributed by atoms with Gasteiger partial charge in [0, 0.05) is 12.0 Å². The number of amides is 1. The summed E-state index contributed by atoms with van der Waals surface area (Å²) in [4.78, 5) is 32.0. The first-order chi connectivity index (χ1) is 19.0. The van der Waals surface area contributed by atoms with Crippen LogP contribution in [-0.4, -0.2) is 39.8 Å². The van der Waals surface area contributed by atoms with Crippen molar-refractivity contribution in [2.45, 2.75) is 51.0 Å². The Morgan fingerprint density at radius 2 is 1.93 bits per heavy atom. The number of nitrogens with zero attached hydrogens (tertiary/aromatic N) is 3. The number of fused-ring (bicyclic) bond motifs is 2. The Labute approximate surface area is 229 Å². The van der Waals surface area contributed by atoms with Crippen molar-refractivity contribution in [1.82, 2.24) is 9.97 Å². The summed E-state index contributed by atoms with van der Waals surface area (Å²) in [5.41, 5.74) is 1.01. The lowest BCUT2D eigenvalue weighted by Crippen LogP contribution is -2.35. The summed E-state index contributed by atoms with van der Waals surface area (Å²) >= 11 is 0. The number of aromatic nitrogens is 2. The molecule has 0 radical (unpaired) electrons. The molecular formula is C27H29FN6O6. The normalized spacial score (nSPS) is 17.6. The van der Waals surface area contributed by atoms with E-state index >= 15 is 0 Å². The van der Waals surface area contributed by atoms with Crippen molar-refractivity contribution in [3.63, 3.8) is 0 Å².